The number of nitrogens with one attached hydrogen (secondary N) is 1. The maximum absolute atomic E-state index is 12.7. The van der Waals surface area contributed by atoms with Crippen LogP contribution in [0.25, 0.3) is 5.65 Å². The number of piperazine rings is 1. The van der Waals surface area contributed by atoms with Crippen molar-refractivity contribution >= 4 is 17.5 Å². The number of hydrogen-bond donors (Lipinski definition) is 1. The fourth-order valence-electron chi connectivity index (χ4n) is 4.03. The molecule has 1 N–H and O–H groups in total. The molecule has 1 fully saturated rings. The molecule has 1 aliphatic heterocycles. The van der Waals surface area contributed by atoms with Crippen molar-refractivity contribution in [1.82, 2.24) is 39.7 Å². The molecule has 10 nitrogen and oxygen atoms in total. The summed E-state index contributed by atoms with van der Waals surface area (Å²) < 4.78 is 1.93. The normalized spacial score (nSPS) is 17.2. The third-order valence-electron chi connectivity index (χ3n) is 6.08. The van der Waals surface area contributed by atoms with Gasteiger partial charge < -0.3 is 15.1 Å². The molecular formula is C22H31N9O. The zero-order valence-electron chi connectivity index (χ0n) is 19.0. The summed E-state index contributed by atoms with van der Waals surface area (Å²) in [4.78, 5) is 28.2. The molecule has 0 aromatic carbocycles. The van der Waals surface area contributed by atoms with E-state index in [9.17, 15) is 4.79 Å². The molecular weight excluding hydrogens is 406 g/mol. The molecule has 0 spiro atoms. The molecule has 1 atom stereocenters. The molecule has 1 aliphatic rings. The molecule has 4 heterocycles. The van der Waals surface area contributed by atoms with Gasteiger partial charge in [-0.05, 0) is 38.3 Å². The smallest absolute Gasteiger partial charge is 0.252 e. The lowest BCUT2D eigenvalue weighted by Gasteiger charge is -2.38. The van der Waals surface area contributed by atoms with Crippen molar-refractivity contribution in [2.24, 2.45) is 0 Å². The van der Waals surface area contributed by atoms with Crippen molar-refractivity contribution in [2.45, 2.75) is 19.9 Å². The van der Waals surface area contributed by atoms with Crippen LogP contribution in [0.15, 0.2) is 36.8 Å². The Balaban J connectivity index is 1.52. The number of hydrogen-bond acceptors (Lipinski definition) is 8. The summed E-state index contributed by atoms with van der Waals surface area (Å²) in [7, 11) is 2.08. The van der Waals surface area contributed by atoms with Crippen molar-refractivity contribution in [3.05, 3.63) is 48.2 Å². The summed E-state index contributed by atoms with van der Waals surface area (Å²) in [6.07, 6.45) is 5.35. The molecule has 0 saturated carbocycles. The van der Waals surface area contributed by atoms with Crippen LogP contribution in [0.2, 0.25) is 0 Å². The predicted octanol–water partition coefficient (Wildman–Crippen LogP) is 1.08. The Kier molecular flexibility index (Phi) is 6.91. The Morgan fingerprint density at radius 2 is 1.94 bits per heavy atom. The molecule has 0 bridgehead atoms. The van der Waals surface area contributed by atoms with E-state index in [0.29, 0.717) is 24.6 Å². The van der Waals surface area contributed by atoms with E-state index in [1.807, 2.05) is 22.7 Å². The van der Waals surface area contributed by atoms with Crippen LogP contribution in [0.5, 0.6) is 0 Å². The Bertz CT molecular complexity index is 1030. The van der Waals surface area contributed by atoms with Crippen molar-refractivity contribution in [1.29, 1.82) is 0 Å². The lowest BCUT2D eigenvalue weighted by molar-refractivity contribution is 0.0948. The first-order chi connectivity index (χ1) is 15.6. The van der Waals surface area contributed by atoms with E-state index in [-0.39, 0.29) is 11.9 Å². The van der Waals surface area contributed by atoms with Gasteiger partial charge in [-0.15, -0.1) is 10.2 Å². The zero-order chi connectivity index (χ0) is 22.5. The molecule has 4 rings (SSSR count). The fraction of sp³-hybridized carbons (Fsp3) is 0.500. The summed E-state index contributed by atoms with van der Waals surface area (Å²) in [5, 5.41) is 11.8. The van der Waals surface area contributed by atoms with Crippen LogP contribution in [0.3, 0.4) is 0 Å². The minimum atomic E-state index is -0.0879. The van der Waals surface area contributed by atoms with Gasteiger partial charge in [0.2, 0.25) is 5.95 Å². The number of fused-ring (bicyclic) bond motifs is 1. The summed E-state index contributed by atoms with van der Waals surface area (Å²) in [5.41, 5.74) is 1.32. The molecule has 1 saturated heterocycles. The highest BCUT2D eigenvalue weighted by Crippen LogP contribution is 2.25. The van der Waals surface area contributed by atoms with E-state index in [0.717, 1.165) is 44.2 Å². The number of carbonyl (C=O) groups is 1. The van der Waals surface area contributed by atoms with Gasteiger partial charge in [-0.25, -0.2) is 9.97 Å². The lowest BCUT2D eigenvalue weighted by Crippen LogP contribution is -2.48. The highest BCUT2D eigenvalue weighted by atomic mass is 16.1. The molecule has 3 aromatic heterocycles. The first kappa shape index (κ1) is 22.1. The van der Waals surface area contributed by atoms with Crippen LogP contribution in [0, 0.1) is 0 Å². The Hall–Kier alpha value is -3.11. The third-order valence-corrected chi connectivity index (χ3v) is 6.08. The van der Waals surface area contributed by atoms with Crippen LogP contribution in [-0.2, 0) is 0 Å². The minimum absolute atomic E-state index is 0.00327. The van der Waals surface area contributed by atoms with Gasteiger partial charge in [0.05, 0.1) is 11.6 Å². The number of amides is 1. The first-order valence-electron chi connectivity index (χ1n) is 11.2. The number of aromatic nitrogens is 5. The number of carbonyl (C=O) groups excluding carboxylic acids is 1. The second kappa shape index (κ2) is 10.0. The molecule has 0 unspecified atom stereocenters. The summed E-state index contributed by atoms with van der Waals surface area (Å²) in [5.74, 6) is 1.43. The second-order valence-corrected chi connectivity index (χ2v) is 7.98. The molecule has 0 aliphatic carbocycles. The molecule has 1 amide bonds. The maximum Gasteiger partial charge on any atom is 0.252 e. The number of pyridine rings is 1. The fourth-order valence-corrected chi connectivity index (χ4v) is 4.03. The van der Waals surface area contributed by atoms with Crippen molar-refractivity contribution in [3.63, 3.8) is 0 Å². The Labute approximate surface area is 188 Å². The van der Waals surface area contributed by atoms with Crippen LogP contribution in [0.4, 0.5) is 5.95 Å². The van der Waals surface area contributed by atoms with E-state index in [4.69, 9.17) is 0 Å². The number of rotatable bonds is 8. The molecule has 170 valence electrons. The van der Waals surface area contributed by atoms with Crippen molar-refractivity contribution < 1.29 is 4.79 Å². The van der Waals surface area contributed by atoms with Crippen LogP contribution < -0.4 is 10.2 Å². The van der Waals surface area contributed by atoms with Crippen LogP contribution in [0.1, 0.15) is 36.1 Å². The number of likely N-dealkylation sites (N-methyl/N-ethyl adjacent to an activating group) is 2. The highest BCUT2D eigenvalue weighted by Gasteiger charge is 2.30. The first-order valence-corrected chi connectivity index (χ1v) is 11.2. The Morgan fingerprint density at radius 3 is 2.69 bits per heavy atom. The molecule has 0 radical (unpaired) electrons. The van der Waals surface area contributed by atoms with Crippen molar-refractivity contribution in [2.75, 3.05) is 57.8 Å². The summed E-state index contributed by atoms with van der Waals surface area (Å²) >= 11 is 0. The maximum atomic E-state index is 12.7. The average molecular weight is 438 g/mol. The average Bonchev–Trinajstić information content (AvgIpc) is 3.25. The third kappa shape index (κ3) is 4.71. The molecule has 10 heteroatoms. The minimum Gasteiger partial charge on any atom is -0.351 e. The summed E-state index contributed by atoms with van der Waals surface area (Å²) in [6.45, 7) is 10.0. The van der Waals surface area contributed by atoms with Gasteiger partial charge >= 0.3 is 0 Å². The second-order valence-electron chi connectivity index (χ2n) is 7.98. The van der Waals surface area contributed by atoms with E-state index in [1.165, 1.54) is 0 Å². The van der Waals surface area contributed by atoms with Gasteiger partial charge in [0.15, 0.2) is 11.5 Å². The van der Waals surface area contributed by atoms with Gasteiger partial charge in [-0.2, -0.15) is 0 Å². The van der Waals surface area contributed by atoms with E-state index in [2.05, 4.69) is 61.1 Å². The largest absolute Gasteiger partial charge is 0.351 e. The lowest BCUT2D eigenvalue weighted by atomic mass is 10.1. The summed E-state index contributed by atoms with van der Waals surface area (Å²) in [6, 6.07) is 5.47. The van der Waals surface area contributed by atoms with Gasteiger partial charge in [0.1, 0.15) is 0 Å². The van der Waals surface area contributed by atoms with E-state index < -0.39 is 0 Å². The monoisotopic (exact) mass is 437 g/mol. The van der Waals surface area contributed by atoms with Gasteiger partial charge in [-0.3, -0.25) is 14.1 Å². The van der Waals surface area contributed by atoms with Gasteiger partial charge in [-0.1, -0.05) is 13.8 Å². The highest BCUT2D eigenvalue weighted by molar-refractivity contribution is 5.94. The number of anilines is 1. The topological polar surface area (TPSA) is 94.8 Å². The molecule has 32 heavy (non-hydrogen) atoms. The van der Waals surface area contributed by atoms with Crippen LogP contribution in [-0.4, -0.2) is 93.1 Å². The quantitative estimate of drug-likeness (QED) is 0.560. The van der Waals surface area contributed by atoms with E-state index in [1.54, 1.807) is 18.5 Å². The van der Waals surface area contributed by atoms with Gasteiger partial charge in [0, 0.05) is 51.3 Å². The van der Waals surface area contributed by atoms with Crippen LogP contribution >= 0.6 is 0 Å². The van der Waals surface area contributed by atoms with Crippen molar-refractivity contribution in [3.8, 4) is 0 Å². The predicted molar refractivity (Wildman–Crippen MR) is 123 cm³/mol. The van der Waals surface area contributed by atoms with Gasteiger partial charge in [0.25, 0.3) is 5.91 Å². The SMILES string of the molecule is CCN(CC)CCNC(=O)c1ccc2nnc([C@H]3CN(c4ncccn4)CCN3C)n2c1. The number of nitrogens with zero attached hydrogens (tertiary/aromatic N) is 8. The Morgan fingerprint density at radius 1 is 1.16 bits per heavy atom. The van der Waals surface area contributed by atoms with E-state index >= 15 is 0 Å². The standard InChI is InChI=1S/C22H31N9O/c1-4-29(5-2)12-11-23-21(32)17-7-8-19-26-27-20(31(19)15-17)18-16-30(14-13-28(18)3)22-24-9-6-10-25-22/h6-10,15,18H,4-5,11-14,16H2,1-3H3,(H,23,32)/t18-/m1/s1. The molecule has 3 aromatic rings. The zero-order valence-corrected chi connectivity index (χ0v) is 19.0.